The lowest BCUT2D eigenvalue weighted by atomic mass is 10.1. The van der Waals surface area contributed by atoms with Crippen molar-refractivity contribution in [3.63, 3.8) is 0 Å². The van der Waals surface area contributed by atoms with Crippen molar-refractivity contribution in [2.24, 2.45) is 5.92 Å². The lowest BCUT2D eigenvalue weighted by molar-refractivity contribution is 0.325. The summed E-state index contributed by atoms with van der Waals surface area (Å²) in [7, 11) is 2.05. The number of hydrogen-bond donors (Lipinski definition) is 1. The van der Waals surface area contributed by atoms with E-state index in [1.165, 1.54) is 5.57 Å². The Hall–Kier alpha value is -0.500. The van der Waals surface area contributed by atoms with E-state index in [4.69, 9.17) is 0 Å². The minimum Gasteiger partial charge on any atom is -0.326 e. The van der Waals surface area contributed by atoms with E-state index in [2.05, 4.69) is 30.5 Å². The van der Waals surface area contributed by atoms with E-state index in [0.29, 0.717) is 5.92 Å². The van der Waals surface area contributed by atoms with Gasteiger partial charge in [-0.15, -0.1) is 0 Å². The fraction of sp³-hybridized carbons (Fsp3) is 0.714. The Labute approximate surface area is 56.5 Å². The largest absolute Gasteiger partial charge is 0.326 e. The summed E-state index contributed by atoms with van der Waals surface area (Å²) >= 11 is 0. The van der Waals surface area contributed by atoms with Gasteiger partial charge in [0.05, 0.1) is 0 Å². The maximum Gasteiger partial charge on any atom is 0.0405 e. The van der Waals surface area contributed by atoms with Gasteiger partial charge in [0.15, 0.2) is 0 Å². The first-order valence-corrected chi connectivity index (χ1v) is 3.36. The molecule has 0 amide bonds. The molecule has 0 aromatic rings. The van der Waals surface area contributed by atoms with Gasteiger partial charge in [0.2, 0.25) is 0 Å². The third-order valence-electron chi connectivity index (χ3n) is 1.63. The summed E-state index contributed by atoms with van der Waals surface area (Å²) in [5, 5.41) is 2.08. The second-order valence-electron chi connectivity index (χ2n) is 2.86. The van der Waals surface area contributed by atoms with Crippen LogP contribution in [0, 0.1) is 5.92 Å². The van der Waals surface area contributed by atoms with E-state index in [1.54, 1.807) is 0 Å². The minimum absolute atomic E-state index is 0.683. The van der Waals surface area contributed by atoms with Crippen LogP contribution in [0.5, 0.6) is 0 Å². The lowest BCUT2D eigenvalue weighted by Gasteiger charge is -2.08. The Morgan fingerprint density at radius 3 is 2.56 bits per heavy atom. The van der Waals surface area contributed by atoms with Crippen LogP contribution in [0.4, 0.5) is 0 Å². The Morgan fingerprint density at radius 2 is 2.33 bits per heavy atom. The van der Waals surface area contributed by atoms with Crippen LogP contribution in [-0.2, 0) is 0 Å². The number of likely N-dealkylation sites (N-methyl/N-ethyl adjacent to an activating group) is 1. The molecule has 0 saturated heterocycles. The normalized spacial score (nSPS) is 20.2. The summed E-state index contributed by atoms with van der Waals surface area (Å²) in [6.45, 7) is 5.50. The van der Waals surface area contributed by atoms with Gasteiger partial charge in [-0.2, -0.15) is 0 Å². The highest BCUT2D eigenvalue weighted by Crippen LogP contribution is 2.12. The van der Waals surface area contributed by atoms with E-state index in [0.717, 1.165) is 6.54 Å². The zero-order chi connectivity index (χ0) is 6.85. The number of rotatable bonds is 1. The molecule has 0 spiro atoms. The molecule has 0 bridgehead atoms. The van der Waals surface area contributed by atoms with Crippen molar-refractivity contribution in [1.82, 2.24) is 10.4 Å². The number of nitrogens with one attached hydrogen (secondary N) is 1. The third kappa shape index (κ3) is 1.45. The highest BCUT2D eigenvalue weighted by molar-refractivity contribution is 5.09. The van der Waals surface area contributed by atoms with Crippen LogP contribution in [0.3, 0.4) is 0 Å². The van der Waals surface area contributed by atoms with Gasteiger partial charge >= 0.3 is 0 Å². The molecule has 0 radical (unpaired) electrons. The average molecular weight is 126 g/mol. The van der Waals surface area contributed by atoms with E-state index in [9.17, 15) is 0 Å². The summed E-state index contributed by atoms with van der Waals surface area (Å²) in [6, 6.07) is 0. The van der Waals surface area contributed by atoms with Crippen LogP contribution >= 0.6 is 0 Å². The van der Waals surface area contributed by atoms with Gasteiger partial charge in [-0.25, -0.2) is 5.01 Å². The lowest BCUT2D eigenvalue weighted by Crippen LogP contribution is -2.25. The second-order valence-corrected chi connectivity index (χ2v) is 2.86. The summed E-state index contributed by atoms with van der Waals surface area (Å²) in [5.74, 6) is 0.683. The van der Waals surface area contributed by atoms with Gasteiger partial charge in [-0.05, 0) is 11.5 Å². The van der Waals surface area contributed by atoms with Crippen LogP contribution < -0.4 is 5.43 Å². The number of nitrogens with zero attached hydrogens (tertiary/aromatic N) is 1. The molecule has 0 fully saturated rings. The van der Waals surface area contributed by atoms with Gasteiger partial charge in [0, 0.05) is 19.8 Å². The van der Waals surface area contributed by atoms with Gasteiger partial charge in [-0.3, -0.25) is 0 Å². The molecule has 0 unspecified atom stereocenters. The summed E-state index contributed by atoms with van der Waals surface area (Å²) in [6.07, 6.45) is 2.09. The molecule has 2 heteroatoms. The first kappa shape index (κ1) is 6.62. The topological polar surface area (TPSA) is 15.3 Å². The van der Waals surface area contributed by atoms with Crippen molar-refractivity contribution >= 4 is 0 Å². The van der Waals surface area contributed by atoms with Crippen molar-refractivity contribution < 1.29 is 0 Å². The van der Waals surface area contributed by atoms with Crippen molar-refractivity contribution in [2.75, 3.05) is 13.6 Å². The maximum atomic E-state index is 3.12. The minimum atomic E-state index is 0.683. The van der Waals surface area contributed by atoms with Gasteiger partial charge in [0.1, 0.15) is 0 Å². The Kier molecular flexibility index (Phi) is 1.76. The standard InChI is InChI=1S/C7H14N2/c1-6(2)7-4-8-9(3)5-7/h4,6,8H,5H2,1-3H3. The molecule has 1 N–H and O–H groups in total. The molecule has 52 valence electrons. The quantitative estimate of drug-likeness (QED) is 0.563. The van der Waals surface area contributed by atoms with E-state index < -0.39 is 0 Å². The van der Waals surface area contributed by atoms with Crippen molar-refractivity contribution in [3.05, 3.63) is 11.8 Å². The highest BCUT2D eigenvalue weighted by Gasteiger charge is 2.10. The molecule has 1 heterocycles. The van der Waals surface area contributed by atoms with Crippen LogP contribution in [0.1, 0.15) is 13.8 Å². The molecule has 0 saturated carbocycles. The predicted octanol–water partition coefficient (Wildman–Crippen LogP) is 0.976. The molecule has 2 nitrogen and oxygen atoms in total. The second kappa shape index (κ2) is 2.40. The van der Waals surface area contributed by atoms with E-state index in [-0.39, 0.29) is 0 Å². The molecule has 9 heavy (non-hydrogen) atoms. The third-order valence-corrected chi connectivity index (χ3v) is 1.63. The fourth-order valence-corrected chi connectivity index (χ4v) is 0.907. The van der Waals surface area contributed by atoms with Crippen molar-refractivity contribution in [1.29, 1.82) is 0 Å². The Bertz CT molecular complexity index is 127. The van der Waals surface area contributed by atoms with E-state index >= 15 is 0 Å². The van der Waals surface area contributed by atoms with Crippen molar-refractivity contribution in [2.45, 2.75) is 13.8 Å². The summed E-state index contributed by atoms with van der Waals surface area (Å²) < 4.78 is 0. The fourth-order valence-electron chi connectivity index (χ4n) is 0.907. The molecular weight excluding hydrogens is 112 g/mol. The molecule has 0 atom stereocenters. The van der Waals surface area contributed by atoms with Gasteiger partial charge < -0.3 is 5.43 Å². The SMILES string of the molecule is CC(C)C1=CNN(C)C1. The summed E-state index contributed by atoms with van der Waals surface area (Å²) in [5.41, 5.74) is 4.61. The average Bonchev–Trinajstić information content (AvgIpc) is 2.14. The van der Waals surface area contributed by atoms with Gasteiger partial charge in [0.25, 0.3) is 0 Å². The first-order valence-electron chi connectivity index (χ1n) is 3.36. The van der Waals surface area contributed by atoms with Gasteiger partial charge in [-0.1, -0.05) is 13.8 Å². The summed E-state index contributed by atoms with van der Waals surface area (Å²) in [4.78, 5) is 0. The monoisotopic (exact) mass is 126 g/mol. The molecule has 0 aliphatic carbocycles. The van der Waals surface area contributed by atoms with Crippen LogP contribution in [-0.4, -0.2) is 18.6 Å². The molecule has 0 aromatic carbocycles. The van der Waals surface area contributed by atoms with Crippen LogP contribution in [0.15, 0.2) is 11.8 Å². The smallest absolute Gasteiger partial charge is 0.0405 e. The molecular formula is C7H14N2. The number of hydrazine groups is 1. The van der Waals surface area contributed by atoms with Crippen LogP contribution in [0.2, 0.25) is 0 Å². The zero-order valence-corrected chi connectivity index (χ0v) is 6.31. The Morgan fingerprint density at radius 1 is 1.67 bits per heavy atom. The number of hydrogen-bond acceptors (Lipinski definition) is 2. The Balaban J connectivity index is 2.45. The molecule has 1 aliphatic rings. The van der Waals surface area contributed by atoms with Crippen molar-refractivity contribution in [3.8, 4) is 0 Å². The zero-order valence-electron chi connectivity index (χ0n) is 6.31. The van der Waals surface area contributed by atoms with E-state index in [1.807, 2.05) is 7.05 Å². The van der Waals surface area contributed by atoms with Crippen LogP contribution in [0.25, 0.3) is 0 Å². The molecule has 1 aliphatic heterocycles. The maximum absolute atomic E-state index is 3.12. The highest BCUT2D eigenvalue weighted by atomic mass is 15.5. The molecule has 0 aromatic heterocycles. The first-order chi connectivity index (χ1) is 4.20. The predicted molar refractivity (Wildman–Crippen MR) is 38.7 cm³/mol. The molecule has 1 rings (SSSR count).